The standard InChI is InChI=1S/C27H20Cl2F2N4O4/c28-17-7-16(8-18(29)9-17)21-12-23(27-33-22-10-19(30)20(31)11-24(22)39-27)35(34-21)13-14-1-3-15(4-2-14)26(38)32-6-5-25(36)37/h1-4,7-12,22,24H,5-6,13H2,(H,32,38)(H,36,37). The van der Waals surface area contributed by atoms with E-state index in [0.29, 0.717) is 32.6 Å². The third-order valence-corrected chi connectivity index (χ3v) is 6.47. The second-order valence-electron chi connectivity index (χ2n) is 8.86. The Balaban J connectivity index is 1.43. The number of hydrogen-bond donors (Lipinski definition) is 2. The third kappa shape index (κ3) is 6.02. The van der Waals surface area contributed by atoms with Crippen LogP contribution in [0.4, 0.5) is 8.78 Å². The minimum atomic E-state index is -1.00. The Morgan fingerprint density at radius 1 is 1.03 bits per heavy atom. The van der Waals surface area contributed by atoms with Crippen molar-refractivity contribution in [1.29, 1.82) is 0 Å². The van der Waals surface area contributed by atoms with Crippen molar-refractivity contribution in [3.05, 3.63) is 99.2 Å². The van der Waals surface area contributed by atoms with E-state index in [1.165, 1.54) is 0 Å². The minimum absolute atomic E-state index is 0.0190. The summed E-state index contributed by atoms with van der Waals surface area (Å²) in [6.07, 6.45) is 1.16. The SMILES string of the molecule is O=C(O)CCNC(=O)c1ccc(Cn2nc(-c3cc(Cl)cc(Cl)c3)cc2C2=NC3C=C(F)C(F)=CC3O2)cc1. The zero-order valence-electron chi connectivity index (χ0n) is 20.1. The molecule has 200 valence electrons. The number of halogens is 4. The zero-order valence-corrected chi connectivity index (χ0v) is 21.6. The van der Waals surface area contributed by atoms with Crippen molar-refractivity contribution in [3.8, 4) is 11.3 Å². The van der Waals surface area contributed by atoms with Gasteiger partial charge in [0.2, 0.25) is 5.90 Å². The quantitative estimate of drug-likeness (QED) is 0.379. The molecule has 39 heavy (non-hydrogen) atoms. The maximum absolute atomic E-state index is 13.8. The summed E-state index contributed by atoms with van der Waals surface area (Å²) in [6, 6.07) is 12.7. The van der Waals surface area contributed by atoms with Crippen LogP contribution >= 0.6 is 23.2 Å². The van der Waals surface area contributed by atoms with Crippen LogP contribution in [-0.4, -0.2) is 51.4 Å². The van der Waals surface area contributed by atoms with Crippen LogP contribution in [0, 0.1) is 0 Å². The molecule has 1 aliphatic heterocycles. The number of benzene rings is 2. The first kappa shape index (κ1) is 26.6. The summed E-state index contributed by atoms with van der Waals surface area (Å²) >= 11 is 12.4. The average molecular weight is 573 g/mol. The lowest BCUT2D eigenvalue weighted by Crippen LogP contribution is -2.25. The summed E-state index contributed by atoms with van der Waals surface area (Å²) in [5.41, 5.74) is 2.79. The maximum Gasteiger partial charge on any atom is 0.305 e. The van der Waals surface area contributed by atoms with E-state index in [1.807, 2.05) is 0 Å². The predicted molar refractivity (Wildman–Crippen MR) is 141 cm³/mol. The fourth-order valence-electron chi connectivity index (χ4n) is 4.15. The minimum Gasteiger partial charge on any atom is -0.481 e. The number of allylic oxidation sites excluding steroid dienone is 2. The fraction of sp³-hybridized carbons (Fsp3) is 0.185. The molecule has 3 aromatic rings. The van der Waals surface area contributed by atoms with Crippen LogP contribution in [0.1, 0.15) is 28.0 Å². The lowest BCUT2D eigenvalue weighted by atomic mass is 10.1. The summed E-state index contributed by atoms with van der Waals surface area (Å²) in [7, 11) is 0. The molecule has 2 N–H and O–H groups in total. The van der Waals surface area contributed by atoms with Crippen molar-refractivity contribution in [2.24, 2.45) is 4.99 Å². The number of ether oxygens (including phenoxy) is 1. The van der Waals surface area contributed by atoms with Gasteiger partial charge in [-0.3, -0.25) is 14.3 Å². The second-order valence-corrected chi connectivity index (χ2v) is 9.74. The van der Waals surface area contributed by atoms with Crippen molar-refractivity contribution >= 4 is 41.0 Å². The van der Waals surface area contributed by atoms with Gasteiger partial charge in [0.1, 0.15) is 17.8 Å². The molecule has 0 radical (unpaired) electrons. The molecule has 0 spiro atoms. The number of hydrogen-bond acceptors (Lipinski definition) is 5. The number of carbonyl (C=O) groups excluding carboxylic acids is 1. The summed E-state index contributed by atoms with van der Waals surface area (Å²) < 4.78 is 35.1. The van der Waals surface area contributed by atoms with Gasteiger partial charge >= 0.3 is 5.97 Å². The van der Waals surface area contributed by atoms with E-state index >= 15 is 0 Å². The molecule has 2 heterocycles. The van der Waals surface area contributed by atoms with Crippen molar-refractivity contribution < 1.29 is 28.2 Å². The molecule has 2 aromatic carbocycles. The predicted octanol–water partition coefficient (Wildman–Crippen LogP) is 5.34. The highest BCUT2D eigenvalue weighted by molar-refractivity contribution is 6.35. The third-order valence-electron chi connectivity index (χ3n) is 6.04. The summed E-state index contributed by atoms with van der Waals surface area (Å²) in [4.78, 5) is 27.4. The molecular weight excluding hydrogens is 553 g/mol. The Hall–Kier alpha value is -4.02. The Kier molecular flexibility index (Phi) is 7.49. The molecule has 1 aliphatic carbocycles. The van der Waals surface area contributed by atoms with Gasteiger partial charge in [-0.2, -0.15) is 5.10 Å². The first-order chi connectivity index (χ1) is 18.7. The van der Waals surface area contributed by atoms with Crippen LogP contribution in [-0.2, 0) is 16.1 Å². The van der Waals surface area contributed by atoms with Gasteiger partial charge in [0, 0.05) is 27.7 Å². The molecular formula is C27H20Cl2F2N4O4. The molecule has 2 atom stereocenters. The topological polar surface area (TPSA) is 106 Å². The number of carbonyl (C=O) groups is 2. The van der Waals surface area contributed by atoms with Crippen molar-refractivity contribution in [2.75, 3.05) is 6.54 Å². The number of fused-ring (bicyclic) bond motifs is 1. The highest BCUT2D eigenvalue weighted by atomic mass is 35.5. The van der Waals surface area contributed by atoms with Crippen molar-refractivity contribution in [1.82, 2.24) is 15.1 Å². The van der Waals surface area contributed by atoms with E-state index in [9.17, 15) is 18.4 Å². The number of aliphatic imine (C=N–C) groups is 1. The van der Waals surface area contributed by atoms with E-state index in [0.717, 1.165) is 17.7 Å². The Bertz CT molecular complexity index is 1530. The molecule has 0 saturated heterocycles. The number of nitrogens with one attached hydrogen (secondary N) is 1. The molecule has 2 aliphatic rings. The zero-order chi connectivity index (χ0) is 27.7. The van der Waals surface area contributed by atoms with Gasteiger partial charge < -0.3 is 15.2 Å². The van der Waals surface area contributed by atoms with E-state index in [2.05, 4.69) is 15.4 Å². The van der Waals surface area contributed by atoms with E-state index < -0.39 is 29.8 Å². The first-order valence-electron chi connectivity index (χ1n) is 11.8. The second kappa shape index (κ2) is 11.0. The van der Waals surface area contributed by atoms with E-state index in [1.54, 1.807) is 53.2 Å². The van der Waals surface area contributed by atoms with Crippen LogP contribution in [0.5, 0.6) is 0 Å². The molecule has 1 amide bonds. The number of carboxylic acid groups (broad SMARTS) is 1. The molecule has 0 bridgehead atoms. The lowest BCUT2D eigenvalue weighted by molar-refractivity contribution is -0.136. The highest BCUT2D eigenvalue weighted by Crippen LogP contribution is 2.32. The smallest absolute Gasteiger partial charge is 0.305 e. The monoisotopic (exact) mass is 572 g/mol. The van der Waals surface area contributed by atoms with Crippen LogP contribution in [0.2, 0.25) is 10.0 Å². The number of amides is 1. The van der Waals surface area contributed by atoms with Gasteiger partial charge in [0.15, 0.2) is 11.7 Å². The Morgan fingerprint density at radius 2 is 1.72 bits per heavy atom. The molecule has 8 nitrogen and oxygen atoms in total. The molecule has 12 heteroatoms. The van der Waals surface area contributed by atoms with Gasteiger partial charge in [0.25, 0.3) is 5.91 Å². The van der Waals surface area contributed by atoms with Gasteiger partial charge in [0.05, 0.1) is 18.7 Å². The normalized spacial score (nSPS) is 18.0. The van der Waals surface area contributed by atoms with Crippen molar-refractivity contribution in [2.45, 2.75) is 25.1 Å². The van der Waals surface area contributed by atoms with Crippen LogP contribution in [0.25, 0.3) is 11.3 Å². The summed E-state index contributed by atoms with van der Waals surface area (Å²) in [5, 5.41) is 16.8. The van der Waals surface area contributed by atoms with E-state index in [-0.39, 0.29) is 31.3 Å². The number of aromatic nitrogens is 2. The Labute approximate surface area is 231 Å². The largest absolute Gasteiger partial charge is 0.481 e. The summed E-state index contributed by atoms with van der Waals surface area (Å²) in [5.74, 6) is -3.21. The molecule has 2 unspecified atom stereocenters. The molecule has 1 aromatic heterocycles. The van der Waals surface area contributed by atoms with Crippen molar-refractivity contribution in [3.63, 3.8) is 0 Å². The number of rotatable bonds is 8. The van der Waals surface area contributed by atoms with Gasteiger partial charge in [-0.15, -0.1) is 0 Å². The van der Waals surface area contributed by atoms with Crippen LogP contribution < -0.4 is 5.32 Å². The number of carboxylic acids is 1. The summed E-state index contributed by atoms with van der Waals surface area (Å²) in [6.45, 7) is 0.266. The average Bonchev–Trinajstić information content (AvgIpc) is 3.48. The number of aliphatic carboxylic acids is 1. The molecule has 5 rings (SSSR count). The van der Waals surface area contributed by atoms with E-state index in [4.69, 9.17) is 33.0 Å². The first-order valence-corrected chi connectivity index (χ1v) is 12.5. The maximum atomic E-state index is 13.8. The fourth-order valence-corrected chi connectivity index (χ4v) is 4.68. The molecule has 0 fully saturated rings. The van der Waals surface area contributed by atoms with Gasteiger partial charge in [-0.1, -0.05) is 35.3 Å². The lowest BCUT2D eigenvalue weighted by Gasteiger charge is -2.15. The highest BCUT2D eigenvalue weighted by Gasteiger charge is 2.35. The van der Waals surface area contributed by atoms with Crippen LogP contribution in [0.15, 0.2) is 77.3 Å². The molecule has 0 saturated carbocycles. The number of nitrogens with zero attached hydrogens (tertiary/aromatic N) is 3. The Morgan fingerprint density at radius 3 is 2.41 bits per heavy atom. The van der Waals surface area contributed by atoms with Crippen LogP contribution in [0.3, 0.4) is 0 Å². The van der Waals surface area contributed by atoms with Gasteiger partial charge in [-0.25, -0.2) is 13.8 Å². The van der Waals surface area contributed by atoms with Gasteiger partial charge in [-0.05, 0) is 54.1 Å².